The first-order valence-corrected chi connectivity index (χ1v) is 10.1. The van der Waals surface area contributed by atoms with Crippen LogP contribution < -0.4 is 5.73 Å². The molecule has 2 atom stereocenters. The predicted octanol–water partition coefficient (Wildman–Crippen LogP) is 2.07. The lowest BCUT2D eigenvalue weighted by atomic mass is 9.98. The van der Waals surface area contributed by atoms with E-state index in [0.717, 1.165) is 13.0 Å². The number of primary amides is 1. The molecular formula is C21H25F3N4O2. The van der Waals surface area contributed by atoms with E-state index in [-0.39, 0.29) is 31.5 Å². The number of nitrogens with two attached hydrogens (primary N) is 1. The normalized spacial score (nSPS) is 20.5. The van der Waals surface area contributed by atoms with Crippen LogP contribution in [0.3, 0.4) is 0 Å². The lowest BCUT2D eigenvalue weighted by Gasteiger charge is -2.31. The number of rotatable bonds is 5. The van der Waals surface area contributed by atoms with E-state index in [4.69, 9.17) is 5.73 Å². The van der Waals surface area contributed by atoms with Crippen molar-refractivity contribution in [3.05, 3.63) is 52.6 Å². The fourth-order valence-electron chi connectivity index (χ4n) is 4.53. The number of hydrogen-bond acceptors (Lipinski definition) is 4. The van der Waals surface area contributed by atoms with E-state index in [9.17, 15) is 23.1 Å². The summed E-state index contributed by atoms with van der Waals surface area (Å²) < 4.78 is 41.2. The molecule has 0 bridgehead atoms. The van der Waals surface area contributed by atoms with Gasteiger partial charge in [0.05, 0.1) is 17.7 Å². The number of hydrogen-bond donors (Lipinski definition) is 2. The number of halogens is 3. The Morgan fingerprint density at radius 2 is 2.00 bits per heavy atom. The standard InChI is InChI=1S/C21H25F3N4O2/c22-21(23,24)15-5-6-18-26-19(20(25)30)17(28(18)11-15)9-16(29)12-27-8-7-13-3-1-2-4-14(13)10-27/h1-4,15-16,29H,5-12H2,(H2,25,30)/t15?,16-/m0/s1. The van der Waals surface area contributed by atoms with Crippen LogP contribution >= 0.6 is 0 Å². The molecule has 162 valence electrons. The highest BCUT2D eigenvalue weighted by atomic mass is 19.4. The highest BCUT2D eigenvalue weighted by Crippen LogP contribution is 2.35. The number of alkyl halides is 3. The third kappa shape index (κ3) is 4.22. The summed E-state index contributed by atoms with van der Waals surface area (Å²) in [6.45, 7) is 1.56. The number of carbonyl (C=O) groups excluding carboxylic acids is 1. The molecule has 0 aliphatic carbocycles. The van der Waals surface area contributed by atoms with Gasteiger partial charge >= 0.3 is 6.18 Å². The summed E-state index contributed by atoms with van der Waals surface area (Å²) in [5.41, 5.74) is 8.21. The summed E-state index contributed by atoms with van der Waals surface area (Å²) in [7, 11) is 0. The number of aryl methyl sites for hydroxylation is 1. The van der Waals surface area contributed by atoms with Crippen molar-refractivity contribution in [3.8, 4) is 0 Å². The van der Waals surface area contributed by atoms with Gasteiger partial charge in [-0.15, -0.1) is 0 Å². The minimum absolute atomic E-state index is 0.0316. The van der Waals surface area contributed by atoms with Crippen LogP contribution in [-0.2, 0) is 32.4 Å². The second-order valence-corrected chi connectivity index (χ2v) is 8.19. The number of carbonyl (C=O) groups is 1. The van der Waals surface area contributed by atoms with Crippen molar-refractivity contribution in [2.24, 2.45) is 11.7 Å². The summed E-state index contributed by atoms with van der Waals surface area (Å²) in [4.78, 5) is 18.2. The van der Waals surface area contributed by atoms with Gasteiger partial charge in [-0.1, -0.05) is 24.3 Å². The van der Waals surface area contributed by atoms with E-state index in [0.29, 0.717) is 24.6 Å². The van der Waals surface area contributed by atoms with Crippen molar-refractivity contribution in [1.29, 1.82) is 0 Å². The Labute approximate surface area is 172 Å². The molecule has 1 aromatic heterocycles. The first-order valence-electron chi connectivity index (χ1n) is 10.1. The molecule has 0 radical (unpaired) electrons. The highest BCUT2D eigenvalue weighted by molar-refractivity contribution is 5.92. The molecule has 2 aliphatic heterocycles. The van der Waals surface area contributed by atoms with Gasteiger partial charge in [0.1, 0.15) is 11.5 Å². The van der Waals surface area contributed by atoms with Crippen LogP contribution in [0.5, 0.6) is 0 Å². The smallest absolute Gasteiger partial charge is 0.391 e. The average molecular weight is 422 g/mol. The molecule has 1 amide bonds. The maximum atomic E-state index is 13.2. The molecule has 3 N–H and O–H groups in total. The van der Waals surface area contributed by atoms with Crippen LogP contribution in [-0.4, -0.2) is 50.8 Å². The van der Waals surface area contributed by atoms with Gasteiger partial charge in [0.15, 0.2) is 0 Å². The third-order valence-corrected chi connectivity index (χ3v) is 6.07. The molecule has 6 nitrogen and oxygen atoms in total. The Balaban J connectivity index is 1.50. The van der Waals surface area contributed by atoms with Crippen LogP contribution in [0, 0.1) is 5.92 Å². The van der Waals surface area contributed by atoms with E-state index in [1.165, 1.54) is 15.7 Å². The van der Waals surface area contributed by atoms with E-state index < -0.39 is 24.1 Å². The Morgan fingerprint density at radius 3 is 2.70 bits per heavy atom. The van der Waals surface area contributed by atoms with Gasteiger partial charge in [-0.25, -0.2) is 4.98 Å². The summed E-state index contributed by atoms with van der Waals surface area (Å²) in [6.07, 6.45) is -4.18. The number of imidazole rings is 1. The molecule has 9 heteroatoms. The van der Waals surface area contributed by atoms with Crippen molar-refractivity contribution in [3.63, 3.8) is 0 Å². The lowest BCUT2D eigenvalue weighted by molar-refractivity contribution is -0.182. The molecule has 3 heterocycles. The molecule has 1 unspecified atom stereocenters. The maximum Gasteiger partial charge on any atom is 0.393 e. The number of fused-ring (bicyclic) bond motifs is 2. The number of benzene rings is 1. The molecule has 0 saturated carbocycles. The molecule has 1 aromatic carbocycles. The number of aromatic nitrogens is 2. The molecule has 2 aromatic rings. The molecular weight excluding hydrogens is 397 g/mol. The summed E-state index contributed by atoms with van der Waals surface area (Å²) in [5, 5.41) is 10.7. The summed E-state index contributed by atoms with van der Waals surface area (Å²) in [6, 6.07) is 8.14. The van der Waals surface area contributed by atoms with Gasteiger partial charge in [-0.05, 0) is 24.0 Å². The van der Waals surface area contributed by atoms with Crippen LogP contribution in [0.2, 0.25) is 0 Å². The zero-order valence-corrected chi connectivity index (χ0v) is 16.5. The van der Waals surface area contributed by atoms with Gasteiger partial charge in [-0.3, -0.25) is 9.69 Å². The first kappa shape index (κ1) is 20.9. The topological polar surface area (TPSA) is 84.4 Å². The SMILES string of the molecule is NC(=O)c1nc2n(c1C[C@H](O)CN1CCc3ccccc3C1)CC(C(F)(F)F)CC2. The largest absolute Gasteiger partial charge is 0.393 e. The minimum atomic E-state index is -4.31. The molecule has 0 saturated heterocycles. The number of aliphatic hydroxyl groups is 1. The summed E-state index contributed by atoms with van der Waals surface area (Å²) in [5.74, 6) is -1.85. The van der Waals surface area contributed by atoms with E-state index >= 15 is 0 Å². The van der Waals surface area contributed by atoms with Crippen LogP contribution in [0.4, 0.5) is 13.2 Å². The Hall–Kier alpha value is -2.39. The third-order valence-electron chi connectivity index (χ3n) is 6.07. The molecule has 0 spiro atoms. The second-order valence-electron chi connectivity index (χ2n) is 8.19. The zero-order valence-electron chi connectivity index (χ0n) is 16.5. The monoisotopic (exact) mass is 422 g/mol. The quantitative estimate of drug-likeness (QED) is 0.773. The Bertz CT molecular complexity index is 941. The first-order chi connectivity index (χ1) is 14.2. The number of β-amino-alcohol motifs (C(OH)–C–C–N with tert-alkyl or cyclic N) is 1. The van der Waals surface area contributed by atoms with Crippen molar-refractivity contribution >= 4 is 5.91 Å². The van der Waals surface area contributed by atoms with Crippen LogP contribution in [0.25, 0.3) is 0 Å². The van der Waals surface area contributed by atoms with Gasteiger partial charge in [0.25, 0.3) is 5.91 Å². The van der Waals surface area contributed by atoms with Gasteiger partial charge in [-0.2, -0.15) is 13.2 Å². The van der Waals surface area contributed by atoms with E-state index in [1.54, 1.807) is 0 Å². The fourth-order valence-corrected chi connectivity index (χ4v) is 4.53. The van der Waals surface area contributed by atoms with Gasteiger partial charge < -0.3 is 15.4 Å². The van der Waals surface area contributed by atoms with Crippen molar-refractivity contribution in [2.45, 2.75) is 51.1 Å². The average Bonchev–Trinajstić information content (AvgIpc) is 3.05. The second kappa shape index (κ2) is 8.03. The van der Waals surface area contributed by atoms with Crippen molar-refractivity contribution in [2.75, 3.05) is 13.1 Å². The molecule has 4 rings (SSSR count). The van der Waals surface area contributed by atoms with Gasteiger partial charge in [0.2, 0.25) is 0 Å². The van der Waals surface area contributed by atoms with Crippen molar-refractivity contribution in [1.82, 2.24) is 14.5 Å². The lowest BCUT2D eigenvalue weighted by Crippen LogP contribution is -2.38. The molecule has 2 aliphatic rings. The number of amides is 1. The summed E-state index contributed by atoms with van der Waals surface area (Å²) >= 11 is 0. The maximum absolute atomic E-state index is 13.2. The Kier molecular flexibility index (Phi) is 5.59. The molecule has 0 fully saturated rings. The zero-order chi connectivity index (χ0) is 21.5. The van der Waals surface area contributed by atoms with Crippen molar-refractivity contribution < 1.29 is 23.1 Å². The fraction of sp³-hybridized carbons (Fsp3) is 0.524. The highest BCUT2D eigenvalue weighted by Gasteiger charge is 2.42. The number of aliphatic hydroxyl groups excluding tert-OH is 1. The van der Waals surface area contributed by atoms with Crippen LogP contribution in [0.15, 0.2) is 24.3 Å². The van der Waals surface area contributed by atoms with Crippen LogP contribution in [0.1, 0.15) is 39.6 Å². The van der Waals surface area contributed by atoms with E-state index in [2.05, 4.69) is 22.0 Å². The van der Waals surface area contributed by atoms with E-state index in [1.807, 2.05) is 12.1 Å². The minimum Gasteiger partial charge on any atom is -0.391 e. The Morgan fingerprint density at radius 1 is 1.27 bits per heavy atom. The van der Waals surface area contributed by atoms with Gasteiger partial charge in [0, 0.05) is 39.0 Å². The number of nitrogens with zero attached hydrogens (tertiary/aromatic N) is 3. The predicted molar refractivity (Wildman–Crippen MR) is 104 cm³/mol. The molecule has 30 heavy (non-hydrogen) atoms.